The molecule has 108 valence electrons. The highest BCUT2D eigenvalue weighted by Crippen LogP contribution is 2.26. The lowest BCUT2D eigenvalue weighted by molar-refractivity contribution is -0.385. The zero-order chi connectivity index (χ0) is 15.4. The van der Waals surface area contributed by atoms with Gasteiger partial charge in [-0.05, 0) is 24.1 Å². The summed E-state index contributed by atoms with van der Waals surface area (Å²) < 4.78 is 0. The lowest BCUT2D eigenvalue weighted by Gasteiger charge is -2.05. The highest BCUT2D eigenvalue weighted by atomic mass is 32.2. The average molecular weight is 304 g/mol. The van der Waals surface area contributed by atoms with E-state index in [2.05, 4.69) is 4.98 Å². The first-order valence-electron chi connectivity index (χ1n) is 6.04. The van der Waals surface area contributed by atoms with Crippen LogP contribution < -0.4 is 0 Å². The van der Waals surface area contributed by atoms with Crippen molar-refractivity contribution in [2.24, 2.45) is 0 Å². The second-order valence-corrected chi connectivity index (χ2v) is 5.31. The van der Waals surface area contributed by atoms with E-state index in [0.29, 0.717) is 10.8 Å². The van der Waals surface area contributed by atoms with E-state index in [9.17, 15) is 14.9 Å². The van der Waals surface area contributed by atoms with Gasteiger partial charge in [0, 0.05) is 5.75 Å². The van der Waals surface area contributed by atoms with Crippen LogP contribution in [0.2, 0.25) is 0 Å². The van der Waals surface area contributed by atoms with Crippen LogP contribution in [0.25, 0.3) is 0 Å². The number of hydrogen-bond donors (Lipinski definition) is 1. The summed E-state index contributed by atoms with van der Waals surface area (Å²) in [5.74, 6) is -0.710. The lowest BCUT2D eigenvalue weighted by Crippen LogP contribution is -2.04. The van der Waals surface area contributed by atoms with Crippen molar-refractivity contribution < 1.29 is 14.8 Å². The normalized spacial score (nSPS) is 10.3. The number of thioether (sulfide) groups is 1. The van der Waals surface area contributed by atoms with Gasteiger partial charge in [0.2, 0.25) is 0 Å². The van der Waals surface area contributed by atoms with Gasteiger partial charge in [0.05, 0.1) is 9.95 Å². The Hall–Kier alpha value is -2.41. The number of pyridine rings is 1. The van der Waals surface area contributed by atoms with Crippen LogP contribution in [-0.2, 0) is 5.75 Å². The van der Waals surface area contributed by atoms with E-state index in [1.54, 1.807) is 0 Å². The van der Waals surface area contributed by atoms with Crippen molar-refractivity contribution in [1.82, 2.24) is 4.98 Å². The number of hydrogen-bond acceptors (Lipinski definition) is 5. The van der Waals surface area contributed by atoms with E-state index < -0.39 is 16.6 Å². The first-order chi connectivity index (χ1) is 9.99. The largest absolute Gasteiger partial charge is 0.477 e. The molecule has 0 aliphatic heterocycles. The Morgan fingerprint density at radius 1 is 1.43 bits per heavy atom. The molecule has 0 saturated carbocycles. The van der Waals surface area contributed by atoms with Crippen molar-refractivity contribution >= 4 is 23.4 Å². The minimum atomic E-state index is -1.33. The molecule has 1 heterocycles. The molecule has 0 fully saturated rings. The topological polar surface area (TPSA) is 93.3 Å². The number of aromatic carboxylic acids is 1. The predicted molar refractivity (Wildman–Crippen MR) is 78.6 cm³/mol. The van der Waals surface area contributed by atoms with Crippen molar-refractivity contribution in [1.29, 1.82) is 0 Å². The third-order valence-electron chi connectivity index (χ3n) is 2.92. The molecule has 2 aromatic rings. The van der Waals surface area contributed by atoms with Crippen LogP contribution in [0, 0.1) is 17.0 Å². The number of nitrogens with zero attached hydrogens (tertiary/aromatic N) is 2. The van der Waals surface area contributed by atoms with E-state index in [1.807, 2.05) is 31.2 Å². The Balaban J connectivity index is 2.22. The van der Waals surface area contributed by atoms with E-state index in [4.69, 9.17) is 5.11 Å². The molecule has 0 unspecified atom stereocenters. The highest BCUT2D eigenvalue weighted by molar-refractivity contribution is 7.98. The maximum absolute atomic E-state index is 11.1. The summed E-state index contributed by atoms with van der Waals surface area (Å²) in [5.41, 5.74) is 1.40. The maximum atomic E-state index is 11.1. The zero-order valence-electron chi connectivity index (χ0n) is 11.1. The number of aromatic nitrogens is 1. The first-order valence-corrected chi connectivity index (χ1v) is 7.02. The Kier molecular flexibility index (Phi) is 4.54. The Bertz CT molecular complexity index is 703. The molecule has 0 aliphatic rings. The number of rotatable bonds is 5. The van der Waals surface area contributed by atoms with Gasteiger partial charge in [0.1, 0.15) is 11.8 Å². The monoisotopic (exact) mass is 304 g/mol. The van der Waals surface area contributed by atoms with Crippen LogP contribution in [0.5, 0.6) is 0 Å². The molecular formula is C14H12N2O4S. The SMILES string of the molecule is Cc1ccccc1CSc1cc(C(=O)O)c([N+](=O)[O-])cn1. The molecule has 1 aromatic heterocycles. The van der Waals surface area contributed by atoms with Crippen molar-refractivity contribution in [2.45, 2.75) is 17.7 Å². The van der Waals surface area contributed by atoms with Gasteiger partial charge < -0.3 is 5.11 Å². The summed E-state index contributed by atoms with van der Waals surface area (Å²) in [7, 11) is 0. The van der Waals surface area contributed by atoms with Crippen molar-refractivity contribution in [3.05, 3.63) is 63.3 Å². The number of aryl methyl sites for hydroxylation is 1. The Morgan fingerprint density at radius 2 is 2.14 bits per heavy atom. The van der Waals surface area contributed by atoms with E-state index >= 15 is 0 Å². The van der Waals surface area contributed by atoms with Crippen molar-refractivity contribution in [2.75, 3.05) is 0 Å². The molecule has 0 radical (unpaired) electrons. The second-order valence-electron chi connectivity index (χ2n) is 4.32. The zero-order valence-corrected chi connectivity index (χ0v) is 12.0. The molecule has 2 rings (SSSR count). The molecule has 1 N–H and O–H groups in total. The van der Waals surface area contributed by atoms with Crippen LogP contribution in [-0.4, -0.2) is 21.0 Å². The third-order valence-corrected chi connectivity index (χ3v) is 3.90. The van der Waals surface area contributed by atoms with Gasteiger partial charge in [0.15, 0.2) is 0 Å². The maximum Gasteiger partial charge on any atom is 0.342 e. The molecule has 0 amide bonds. The van der Waals surface area contributed by atoms with Crippen LogP contribution >= 0.6 is 11.8 Å². The average Bonchev–Trinajstić information content (AvgIpc) is 2.46. The summed E-state index contributed by atoms with van der Waals surface area (Å²) in [6.45, 7) is 1.99. The highest BCUT2D eigenvalue weighted by Gasteiger charge is 2.21. The predicted octanol–water partition coefficient (Wildman–Crippen LogP) is 3.29. The minimum Gasteiger partial charge on any atom is -0.477 e. The van der Waals surface area contributed by atoms with E-state index in [0.717, 1.165) is 17.3 Å². The Morgan fingerprint density at radius 3 is 2.76 bits per heavy atom. The number of carbonyl (C=O) groups is 1. The van der Waals surface area contributed by atoms with Crippen LogP contribution in [0.4, 0.5) is 5.69 Å². The molecule has 0 saturated heterocycles. The summed E-state index contributed by atoms with van der Waals surface area (Å²) in [6, 6.07) is 9.07. The molecule has 21 heavy (non-hydrogen) atoms. The summed E-state index contributed by atoms with van der Waals surface area (Å²) >= 11 is 1.34. The van der Waals surface area contributed by atoms with Gasteiger partial charge in [-0.1, -0.05) is 24.3 Å². The van der Waals surface area contributed by atoms with Crippen molar-refractivity contribution in [3.63, 3.8) is 0 Å². The number of carboxylic acid groups (broad SMARTS) is 1. The fourth-order valence-electron chi connectivity index (χ4n) is 1.75. The molecule has 0 spiro atoms. The second kappa shape index (κ2) is 6.36. The van der Waals surface area contributed by atoms with Gasteiger partial charge in [-0.15, -0.1) is 11.8 Å². The standard InChI is InChI=1S/C14H12N2O4S/c1-9-4-2-3-5-10(9)8-21-13-6-11(14(17)18)12(7-15-13)16(19)20/h2-7H,8H2,1H3,(H,17,18). The summed E-state index contributed by atoms with van der Waals surface area (Å²) in [6.07, 6.45) is 0.990. The van der Waals surface area contributed by atoms with Gasteiger partial charge in [-0.3, -0.25) is 10.1 Å². The number of nitro groups is 1. The first kappa shape index (κ1) is 15.0. The number of benzene rings is 1. The molecule has 0 aliphatic carbocycles. The fraction of sp³-hybridized carbons (Fsp3) is 0.143. The molecular weight excluding hydrogens is 292 g/mol. The number of carboxylic acids is 1. The summed E-state index contributed by atoms with van der Waals surface area (Å²) in [4.78, 5) is 25.0. The quantitative estimate of drug-likeness (QED) is 0.517. The molecule has 0 atom stereocenters. The Labute approximate surface area is 125 Å². The van der Waals surface area contributed by atoms with Gasteiger partial charge in [0.25, 0.3) is 0 Å². The van der Waals surface area contributed by atoms with Crippen LogP contribution in [0.1, 0.15) is 21.5 Å². The van der Waals surface area contributed by atoms with Gasteiger partial charge in [-0.25, -0.2) is 9.78 Å². The molecule has 1 aromatic carbocycles. The molecule has 6 nitrogen and oxygen atoms in total. The van der Waals surface area contributed by atoms with E-state index in [-0.39, 0.29) is 5.56 Å². The van der Waals surface area contributed by atoms with Crippen LogP contribution in [0.3, 0.4) is 0 Å². The van der Waals surface area contributed by atoms with Gasteiger partial charge in [-0.2, -0.15) is 0 Å². The third kappa shape index (κ3) is 3.57. The fourth-order valence-corrected chi connectivity index (χ4v) is 2.70. The molecule has 0 bridgehead atoms. The lowest BCUT2D eigenvalue weighted by atomic mass is 10.1. The van der Waals surface area contributed by atoms with Crippen molar-refractivity contribution in [3.8, 4) is 0 Å². The van der Waals surface area contributed by atoms with E-state index in [1.165, 1.54) is 17.8 Å². The smallest absolute Gasteiger partial charge is 0.342 e. The van der Waals surface area contributed by atoms with Gasteiger partial charge >= 0.3 is 11.7 Å². The summed E-state index contributed by atoms with van der Waals surface area (Å²) in [5, 5.41) is 20.2. The van der Waals surface area contributed by atoms with Crippen LogP contribution in [0.15, 0.2) is 41.6 Å². The molecule has 7 heteroatoms. The minimum absolute atomic E-state index is 0.345.